The number of nitrogens with one attached hydrogen (secondary N) is 1. The standard InChI is InChI=1S/C6H15NO4S/c1-5(2)11-4-6(8)3-7-12(9)10/h5-8H,3-4H2,1-2H3,(H,9,10)/p-1. The van der Waals surface area contributed by atoms with E-state index < -0.39 is 17.4 Å². The molecule has 5 nitrogen and oxygen atoms in total. The lowest BCUT2D eigenvalue weighted by Crippen LogP contribution is -2.32. The van der Waals surface area contributed by atoms with Crippen molar-refractivity contribution in [3.63, 3.8) is 0 Å². The summed E-state index contributed by atoms with van der Waals surface area (Å²) in [4.78, 5) is 0. The molecule has 2 unspecified atom stereocenters. The zero-order valence-corrected chi connectivity index (χ0v) is 7.97. The number of rotatable bonds is 6. The van der Waals surface area contributed by atoms with E-state index in [1.807, 2.05) is 13.8 Å². The third kappa shape index (κ3) is 8.09. The fraction of sp³-hybridized carbons (Fsp3) is 1.00. The van der Waals surface area contributed by atoms with Gasteiger partial charge in [-0.2, -0.15) is 0 Å². The molecule has 6 heteroatoms. The van der Waals surface area contributed by atoms with Crippen LogP contribution in [0.25, 0.3) is 0 Å². The van der Waals surface area contributed by atoms with Gasteiger partial charge in [0.15, 0.2) is 0 Å². The van der Waals surface area contributed by atoms with E-state index in [0.29, 0.717) is 0 Å². The Labute approximate surface area is 74.5 Å². The predicted octanol–water partition coefficient (Wildman–Crippen LogP) is -0.844. The van der Waals surface area contributed by atoms with E-state index in [1.54, 1.807) is 0 Å². The minimum Gasteiger partial charge on any atom is -0.760 e. The van der Waals surface area contributed by atoms with Crippen LogP contribution in [-0.4, -0.2) is 39.2 Å². The van der Waals surface area contributed by atoms with Crippen LogP contribution in [0.2, 0.25) is 0 Å². The molecular weight excluding hydrogens is 182 g/mol. The predicted molar refractivity (Wildman–Crippen MR) is 44.0 cm³/mol. The maximum absolute atomic E-state index is 9.98. The van der Waals surface area contributed by atoms with Crippen LogP contribution >= 0.6 is 0 Å². The van der Waals surface area contributed by atoms with Gasteiger partial charge in [0.05, 0.1) is 18.8 Å². The van der Waals surface area contributed by atoms with Gasteiger partial charge in [0.25, 0.3) is 0 Å². The summed E-state index contributed by atoms with van der Waals surface area (Å²) >= 11 is -2.32. The molecule has 0 fully saturated rings. The van der Waals surface area contributed by atoms with Gasteiger partial charge in [0, 0.05) is 17.8 Å². The van der Waals surface area contributed by atoms with Crippen LogP contribution in [-0.2, 0) is 16.0 Å². The molecule has 0 radical (unpaired) electrons. The molecule has 0 saturated carbocycles. The Bertz CT molecular complexity index is 142. The van der Waals surface area contributed by atoms with Crippen molar-refractivity contribution in [1.82, 2.24) is 4.72 Å². The summed E-state index contributed by atoms with van der Waals surface area (Å²) in [6.07, 6.45) is -0.748. The molecule has 0 bridgehead atoms. The lowest BCUT2D eigenvalue weighted by molar-refractivity contribution is 0.00828. The van der Waals surface area contributed by atoms with Gasteiger partial charge in [-0.1, -0.05) is 0 Å². The van der Waals surface area contributed by atoms with E-state index in [4.69, 9.17) is 9.84 Å². The van der Waals surface area contributed by atoms with Crippen LogP contribution in [0.1, 0.15) is 13.8 Å². The second-order valence-corrected chi connectivity index (χ2v) is 3.38. The van der Waals surface area contributed by atoms with Gasteiger partial charge in [-0.05, 0) is 13.8 Å². The smallest absolute Gasteiger partial charge is 0.0907 e. The highest BCUT2D eigenvalue weighted by atomic mass is 32.2. The number of ether oxygens (including phenoxy) is 1. The monoisotopic (exact) mass is 196 g/mol. The minimum atomic E-state index is -2.32. The summed E-state index contributed by atoms with van der Waals surface area (Å²) in [5.74, 6) is 0. The number of hydrogen-bond donors (Lipinski definition) is 2. The van der Waals surface area contributed by atoms with Crippen molar-refractivity contribution >= 4 is 11.3 Å². The van der Waals surface area contributed by atoms with Crippen LogP contribution in [0.3, 0.4) is 0 Å². The largest absolute Gasteiger partial charge is 0.760 e. The average molecular weight is 196 g/mol. The first-order chi connectivity index (χ1) is 5.52. The van der Waals surface area contributed by atoms with E-state index in [9.17, 15) is 8.76 Å². The molecule has 0 aromatic heterocycles. The van der Waals surface area contributed by atoms with Crippen LogP contribution in [0.4, 0.5) is 0 Å². The van der Waals surface area contributed by atoms with E-state index in [-0.39, 0.29) is 19.3 Å². The first kappa shape index (κ1) is 12.0. The van der Waals surface area contributed by atoms with Gasteiger partial charge in [0.2, 0.25) is 0 Å². The normalized spacial score (nSPS) is 16.4. The molecule has 12 heavy (non-hydrogen) atoms. The third-order valence-electron chi connectivity index (χ3n) is 1.06. The highest BCUT2D eigenvalue weighted by molar-refractivity contribution is 7.77. The first-order valence-corrected chi connectivity index (χ1v) is 4.72. The van der Waals surface area contributed by atoms with E-state index in [0.717, 1.165) is 0 Å². The van der Waals surface area contributed by atoms with E-state index in [1.165, 1.54) is 0 Å². The van der Waals surface area contributed by atoms with Gasteiger partial charge in [0.1, 0.15) is 0 Å². The summed E-state index contributed by atoms with van der Waals surface area (Å²) in [6, 6.07) is 0. The van der Waals surface area contributed by atoms with Crippen molar-refractivity contribution in [1.29, 1.82) is 0 Å². The van der Waals surface area contributed by atoms with Crippen molar-refractivity contribution in [2.24, 2.45) is 0 Å². The first-order valence-electron chi connectivity index (χ1n) is 3.64. The molecule has 0 spiro atoms. The average Bonchev–Trinajstić information content (AvgIpc) is 1.96. The summed E-state index contributed by atoms with van der Waals surface area (Å²) in [5.41, 5.74) is 0. The van der Waals surface area contributed by atoms with Gasteiger partial charge < -0.3 is 14.4 Å². The van der Waals surface area contributed by atoms with Crippen molar-refractivity contribution in [2.75, 3.05) is 13.2 Å². The molecule has 0 saturated heterocycles. The SMILES string of the molecule is CC(C)OCC(O)CNS(=O)[O-]. The van der Waals surface area contributed by atoms with Crippen molar-refractivity contribution in [3.05, 3.63) is 0 Å². The Morgan fingerprint density at radius 2 is 2.25 bits per heavy atom. The molecule has 2 N–H and O–H groups in total. The van der Waals surface area contributed by atoms with Gasteiger partial charge in [-0.3, -0.25) is 4.21 Å². The molecule has 2 atom stereocenters. The van der Waals surface area contributed by atoms with Crippen molar-refractivity contribution < 1.29 is 18.6 Å². The van der Waals surface area contributed by atoms with Crippen LogP contribution in [0.15, 0.2) is 0 Å². The zero-order chi connectivity index (χ0) is 9.56. The quantitative estimate of drug-likeness (QED) is 0.542. The molecule has 0 aliphatic rings. The summed E-state index contributed by atoms with van der Waals surface area (Å²) in [7, 11) is 0. The maximum atomic E-state index is 9.98. The molecule has 74 valence electrons. The van der Waals surface area contributed by atoms with Gasteiger partial charge in [-0.25, -0.2) is 4.72 Å². The lowest BCUT2D eigenvalue weighted by atomic mass is 10.4. The molecule has 0 aliphatic carbocycles. The summed E-state index contributed by atoms with van der Waals surface area (Å²) in [6.45, 7) is 3.81. The Balaban J connectivity index is 3.33. The highest BCUT2D eigenvalue weighted by Crippen LogP contribution is 1.90. The Morgan fingerprint density at radius 1 is 1.67 bits per heavy atom. The fourth-order valence-electron chi connectivity index (χ4n) is 0.527. The molecular formula is C6H14NO4S-. The van der Waals surface area contributed by atoms with Crippen molar-refractivity contribution in [3.8, 4) is 0 Å². The van der Waals surface area contributed by atoms with E-state index in [2.05, 4.69) is 4.72 Å². The number of aliphatic hydroxyl groups excluding tert-OH is 1. The number of hydrogen-bond acceptors (Lipinski definition) is 4. The third-order valence-corrected chi connectivity index (χ3v) is 1.46. The number of aliphatic hydroxyl groups is 1. The minimum absolute atomic E-state index is 0.0111. The van der Waals surface area contributed by atoms with E-state index >= 15 is 0 Å². The molecule has 0 rings (SSSR count). The van der Waals surface area contributed by atoms with Crippen LogP contribution < -0.4 is 4.72 Å². The van der Waals surface area contributed by atoms with Crippen molar-refractivity contribution in [2.45, 2.75) is 26.1 Å². The molecule has 0 aliphatic heterocycles. The molecule has 0 amide bonds. The van der Waals surface area contributed by atoms with Crippen LogP contribution in [0, 0.1) is 0 Å². The second-order valence-electron chi connectivity index (χ2n) is 2.62. The molecule has 0 aromatic carbocycles. The summed E-state index contributed by atoms with van der Waals surface area (Å²) < 4.78 is 27.1. The fourth-order valence-corrected chi connectivity index (χ4v) is 0.855. The van der Waals surface area contributed by atoms with Gasteiger partial charge in [-0.15, -0.1) is 0 Å². The summed E-state index contributed by atoms with van der Waals surface area (Å²) in [5, 5.41) is 9.09. The van der Waals surface area contributed by atoms with Gasteiger partial charge >= 0.3 is 0 Å². The Hall–Kier alpha value is -0.0100. The molecule has 0 heterocycles. The Kier molecular flexibility index (Phi) is 6.49. The Morgan fingerprint density at radius 3 is 2.67 bits per heavy atom. The zero-order valence-electron chi connectivity index (χ0n) is 7.15. The lowest BCUT2D eigenvalue weighted by Gasteiger charge is -2.14. The highest BCUT2D eigenvalue weighted by Gasteiger charge is 2.04. The topological polar surface area (TPSA) is 81.6 Å². The second kappa shape index (κ2) is 6.50. The molecule has 0 aromatic rings. The maximum Gasteiger partial charge on any atom is 0.0907 e. The van der Waals surface area contributed by atoms with Crippen LogP contribution in [0.5, 0.6) is 0 Å².